The van der Waals surface area contributed by atoms with Crippen LogP contribution in [-0.2, 0) is 6.42 Å². The summed E-state index contributed by atoms with van der Waals surface area (Å²) < 4.78 is 7.14. The predicted molar refractivity (Wildman–Crippen MR) is 81.6 cm³/mol. The number of benzene rings is 1. The largest absolute Gasteiger partial charge is 0.496 e. The smallest absolute Gasteiger partial charge is 0.122 e. The fraction of sp³-hybridized carbons (Fsp3) is 0.235. The molecule has 0 amide bonds. The maximum absolute atomic E-state index is 10.6. The summed E-state index contributed by atoms with van der Waals surface area (Å²) >= 11 is 0. The van der Waals surface area contributed by atoms with Gasteiger partial charge in [-0.05, 0) is 30.7 Å². The monoisotopic (exact) mass is 282 g/mol. The molecular formula is C17H18N2O2. The van der Waals surface area contributed by atoms with Gasteiger partial charge >= 0.3 is 0 Å². The van der Waals surface area contributed by atoms with E-state index in [2.05, 4.69) is 5.10 Å². The first-order chi connectivity index (χ1) is 10.2. The Morgan fingerprint density at radius 2 is 2.14 bits per heavy atom. The van der Waals surface area contributed by atoms with Crippen molar-refractivity contribution < 1.29 is 9.84 Å². The first-order valence-electron chi connectivity index (χ1n) is 6.93. The fourth-order valence-electron chi connectivity index (χ4n) is 2.60. The maximum Gasteiger partial charge on any atom is 0.122 e. The zero-order chi connectivity index (χ0) is 14.8. The van der Waals surface area contributed by atoms with E-state index in [4.69, 9.17) is 4.74 Å². The number of aliphatic hydroxyl groups is 1. The lowest BCUT2D eigenvalue weighted by Crippen LogP contribution is -2.03. The molecule has 0 bridgehead atoms. The van der Waals surface area contributed by atoms with Gasteiger partial charge in [-0.15, -0.1) is 0 Å². The topological polar surface area (TPSA) is 46.8 Å². The molecule has 0 saturated heterocycles. The van der Waals surface area contributed by atoms with Crippen LogP contribution in [0.4, 0.5) is 0 Å². The molecule has 1 atom stereocenters. The Morgan fingerprint density at radius 1 is 1.29 bits per heavy atom. The summed E-state index contributed by atoms with van der Waals surface area (Å²) in [6, 6.07) is 11.8. The quantitative estimate of drug-likeness (QED) is 0.800. The van der Waals surface area contributed by atoms with Crippen LogP contribution in [0.2, 0.25) is 0 Å². The number of nitrogens with zero attached hydrogens (tertiary/aromatic N) is 2. The van der Waals surface area contributed by atoms with Crippen LogP contribution < -0.4 is 4.74 Å². The van der Waals surface area contributed by atoms with Gasteiger partial charge in [-0.3, -0.25) is 0 Å². The molecule has 0 saturated carbocycles. The molecule has 1 aromatic carbocycles. The van der Waals surface area contributed by atoms with Crippen molar-refractivity contribution in [2.24, 2.45) is 0 Å². The molecule has 2 aromatic heterocycles. The van der Waals surface area contributed by atoms with E-state index >= 15 is 0 Å². The number of fused-ring (bicyclic) bond motifs is 1. The molecule has 0 aliphatic carbocycles. The molecule has 0 aliphatic heterocycles. The molecule has 4 heteroatoms. The highest BCUT2D eigenvalue weighted by atomic mass is 16.5. The van der Waals surface area contributed by atoms with Crippen molar-refractivity contribution >= 4 is 5.52 Å². The highest BCUT2D eigenvalue weighted by molar-refractivity contribution is 5.55. The highest BCUT2D eigenvalue weighted by Crippen LogP contribution is 2.27. The van der Waals surface area contributed by atoms with Crippen molar-refractivity contribution in [3.05, 3.63) is 65.5 Å². The van der Waals surface area contributed by atoms with E-state index in [1.807, 2.05) is 49.5 Å². The number of aliphatic hydroxyl groups excluding tert-OH is 1. The summed E-state index contributed by atoms with van der Waals surface area (Å²) in [6.07, 6.45) is 3.49. The molecule has 1 N–H and O–H groups in total. The van der Waals surface area contributed by atoms with Gasteiger partial charge in [0, 0.05) is 18.2 Å². The van der Waals surface area contributed by atoms with E-state index in [1.54, 1.807) is 17.8 Å². The van der Waals surface area contributed by atoms with Gasteiger partial charge in [-0.1, -0.05) is 23.8 Å². The van der Waals surface area contributed by atoms with Crippen LogP contribution in [0.3, 0.4) is 0 Å². The average molecular weight is 282 g/mol. The number of hydrogen-bond acceptors (Lipinski definition) is 3. The average Bonchev–Trinajstić information content (AvgIpc) is 2.91. The van der Waals surface area contributed by atoms with Gasteiger partial charge in [-0.2, -0.15) is 5.10 Å². The zero-order valence-electron chi connectivity index (χ0n) is 12.2. The van der Waals surface area contributed by atoms with Crippen LogP contribution in [-0.4, -0.2) is 21.8 Å². The Hall–Kier alpha value is -2.33. The van der Waals surface area contributed by atoms with Crippen molar-refractivity contribution in [1.29, 1.82) is 0 Å². The second kappa shape index (κ2) is 5.58. The normalized spacial score (nSPS) is 12.5. The number of aromatic nitrogens is 2. The number of ether oxygens (including phenoxy) is 1. The predicted octanol–water partition coefficient (Wildman–Crippen LogP) is 2.93. The summed E-state index contributed by atoms with van der Waals surface area (Å²) in [4.78, 5) is 0. The number of pyridine rings is 1. The van der Waals surface area contributed by atoms with Gasteiger partial charge in [0.05, 0.1) is 24.9 Å². The van der Waals surface area contributed by atoms with Crippen molar-refractivity contribution in [3.63, 3.8) is 0 Å². The second-order valence-electron chi connectivity index (χ2n) is 5.17. The molecule has 1 unspecified atom stereocenters. The molecule has 3 rings (SSSR count). The lowest BCUT2D eigenvalue weighted by molar-refractivity contribution is 0.178. The number of aryl methyl sites for hydroxylation is 1. The zero-order valence-corrected chi connectivity index (χ0v) is 12.2. The van der Waals surface area contributed by atoms with Crippen molar-refractivity contribution in [2.45, 2.75) is 19.4 Å². The first kappa shape index (κ1) is 13.6. The third-order valence-corrected chi connectivity index (χ3v) is 3.66. The molecule has 2 heterocycles. The minimum absolute atomic E-state index is 0.501. The van der Waals surface area contributed by atoms with Gasteiger partial charge in [0.15, 0.2) is 0 Å². The second-order valence-corrected chi connectivity index (χ2v) is 5.17. The Kier molecular flexibility index (Phi) is 3.62. The van der Waals surface area contributed by atoms with Crippen LogP contribution in [0, 0.1) is 6.92 Å². The van der Waals surface area contributed by atoms with Crippen LogP contribution >= 0.6 is 0 Å². The minimum atomic E-state index is -0.611. The molecule has 3 aromatic rings. The number of methoxy groups -OCH3 is 1. The van der Waals surface area contributed by atoms with Crippen LogP contribution in [0.5, 0.6) is 5.75 Å². The Morgan fingerprint density at radius 3 is 2.95 bits per heavy atom. The standard InChI is InChI=1S/C17H18N2O2/c1-12-6-7-17(21-2)13(9-12)10-16(20)14-11-18-19-8-4-3-5-15(14)19/h3-9,11,16,20H,10H2,1-2H3. The molecule has 0 radical (unpaired) electrons. The van der Waals surface area contributed by atoms with Crippen molar-refractivity contribution in [2.75, 3.05) is 7.11 Å². The van der Waals surface area contributed by atoms with Gasteiger partial charge in [0.1, 0.15) is 5.75 Å². The molecule has 0 spiro atoms. The number of hydrogen-bond donors (Lipinski definition) is 1. The van der Waals surface area contributed by atoms with Crippen molar-refractivity contribution in [1.82, 2.24) is 9.61 Å². The Bertz CT molecular complexity index is 764. The summed E-state index contributed by atoms with van der Waals surface area (Å²) in [5.74, 6) is 0.802. The summed E-state index contributed by atoms with van der Waals surface area (Å²) in [7, 11) is 1.65. The van der Waals surface area contributed by atoms with E-state index in [0.29, 0.717) is 6.42 Å². The van der Waals surface area contributed by atoms with Gasteiger partial charge in [0.25, 0.3) is 0 Å². The van der Waals surface area contributed by atoms with E-state index in [-0.39, 0.29) is 0 Å². The van der Waals surface area contributed by atoms with Crippen LogP contribution in [0.15, 0.2) is 48.8 Å². The summed E-state index contributed by atoms with van der Waals surface area (Å²) in [5, 5.41) is 14.8. The van der Waals surface area contributed by atoms with Crippen LogP contribution in [0.1, 0.15) is 22.8 Å². The molecule has 0 fully saturated rings. The third-order valence-electron chi connectivity index (χ3n) is 3.66. The third kappa shape index (κ3) is 2.62. The maximum atomic E-state index is 10.6. The fourth-order valence-corrected chi connectivity index (χ4v) is 2.60. The minimum Gasteiger partial charge on any atom is -0.496 e. The van der Waals surface area contributed by atoms with Gasteiger partial charge < -0.3 is 9.84 Å². The molecule has 108 valence electrons. The first-order valence-corrected chi connectivity index (χ1v) is 6.93. The SMILES string of the molecule is COc1ccc(C)cc1CC(O)c1cnn2ccccc12. The van der Waals surface area contributed by atoms with Gasteiger partial charge in [-0.25, -0.2) is 4.52 Å². The van der Waals surface area contributed by atoms with E-state index in [1.165, 1.54) is 0 Å². The van der Waals surface area contributed by atoms with Gasteiger partial charge in [0.2, 0.25) is 0 Å². The lowest BCUT2D eigenvalue weighted by Gasteiger charge is -2.13. The van der Waals surface area contributed by atoms with E-state index < -0.39 is 6.10 Å². The van der Waals surface area contributed by atoms with Crippen molar-refractivity contribution in [3.8, 4) is 5.75 Å². The molecular weight excluding hydrogens is 264 g/mol. The number of rotatable bonds is 4. The van der Waals surface area contributed by atoms with Crippen LogP contribution in [0.25, 0.3) is 5.52 Å². The molecule has 21 heavy (non-hydrogen) atoms. The van der Waals surface area contributed by atoms with E-state index in [9.17, 15) is 5.11 Å². The Balaban J connectivity index is 1.93. The highest BCUT2D eigenvalue weighted by Gasteiger charge is 2.16. The summed E-state index contributed by atoms with van der Waals surface area (Å²) in [5.41, 5.74) is 3.91. The Labute approximate surface area is 123 Å². The molecule has 4 nitrogen and oxygen atoms in total. The van der Waals surface area contributed by atoms with E-state index in [0.717, 1.165) is 28.0 Å². The summed E-state index contributed by atoms with van der Waals surface area (Å²) in [6.45, 7) is 2.03. The molecule has 0 aliphatic rings. The lowest BCUT2D eigenvalue weighted by atomic mass is 10.00.